The van der Waals surface area contributed by atoms with Gasteiger partial charge in [0.05, 0.1) is 10.6 Å². The highest BCUT2D eigenvalue weighted by Crippen LogP contribution is 2.12. The molecular weight excluding hydrogens is 262 g/mol. The largest absolute Gasteiger partial charge is 0.384 e. The van der Waals surface area contributed by atoms with Crippen LogP contribution in [0.1, 0.15) is 18.9 Å². The van der Waals surface area contributed by atoms with E-state index < -0.39 is 9.84 Å². The zero-order chi connectivity index (χ0) is 14.5. The predicted molar refractivity (Wildman–Crippen MR) is 77.3 cm³/mol. The lowest BCUT2D eigenvalue weighted by atomic mass is 10.2. The van der Waals surface area contributed by atoms with Crippen LogP contribution in [0.2, 0.25) is 0 Å². The summed E-state index contributed by atoms with van der Waals surface area (Å²) in [5.41, 5.74) is 5.86. The molecule has 0 saturated heterocycles. The lowest BCUT2D eigenvalue weighted by Crippen LogP contribution is -2.26. The van der Waals surface area contributed by atoms with Gasteiger partial charge in [0.1, 0.15) is 5.84 Å². The van der Waals surface area contributed by atoms with Crippen molar-refractivity contribution < 1.29 is 8.42 Å². The number of amidine groups is 1. The van der Waals surface area contributed by atoms with E-state index in [2.05, 4.69) is 6.92 Å². The highest BCUT2D eigenvalue weighted by atomic mass is 32.2. The van der Waals surface area contributed by atoms with Gasteiger partial charge in [0.2, 0.25) is 0 Å². The summed E-state index contributed by atoms with van der Waals surface area (Å²) in [6, 6.07) is 6.13. The van der Waals surface area contributed by atoms with Gasteiger partial charge >= 0.3 is 0 Å². The monoisotopic (exact) mass is 283 g/mol. The molecule has 0 aromatic heterocycles. The van der Waals surface area contributed by atoms with Gasteiger partial charge in [-0.05, 0) is 32.1 Å². The number of rotatable bonds is 7. The van der Waals surface area contributed by atoms with Crippen LogP contribution in [0, 0.1) is 5.41 Å². The van der Waals surface area contributed by atoms with Gasteiger partial charge in [-0.2, -0.15) is 0 Å². The minimum Gasteiger partial charge on any atom is -0.384 e. The van der Waals surface area contributed by atoms with E-state index in [1.54, 1.807) is 12.1 Å². The minimum atomic E-state index is -3.27. The van der Waals surface area contributed by atoms with E-state index in [1.807, 2.05) is 11.9 Å². The molecular formula is C13H21N3O2S. The van der Waals surface area contributed by atoms with Crippen LogP contribution in [-0.4, -0.2) is 45.0 Å². The number of nitrogens with two attached hydrogens (primary N) is 1. The quantitative estimate of drug-likeness (QED) is 0.579. The highest BCUT2D eigenvalue weighted by molar-refractivity contribution is 7.91. The van der Waals surface area contributed by atoms with Crippen molar-refractivity contribution in [1.82, 2.24) is 4.90 Å². The van der Waals surface area contributed by atoms with Crippen LogP contribution in [-0.2, 0) is 9.84 Å². The molecule has 1 rings (SSSR count). The maximum absolute atomic E-state index is 12.1. The number of nitrogens with zero attached hydrogens (tertiary/aromatic N) is 1. The van der Waals surface area contributed by atoms with E-state index in [9.17, 15) is 8.42 Å². The molecule has 0 aliphatic carbocycles. The lowest BCUT2D eigenvalue weighted by Gasteiger charge is -2.15. The fraction of sp³-hybridized carbons (Fsp3) is 0.462. The Balaban J connectivity index is 2.74. The van der Waals surface area contributed by atoms with Crippen molar-refractivity contribution in [3.63, 3.8) is 0 Å². The van der Waals surface area contributed by atoms with E-state index >= 15 is 0 Å². The van der Waals surface area contributed by atoms with Gasteiger partial charge in [0.25, 0.3) is 0 Å². The van der Waals surface area contributed by atoms with Gasteiger partial charge in [-0.3, -0.25) is 5.41 Å². The molecule has 5 nitrogen and oxygen atoms in total. The molecule has 1 aromatic rings. The summed E-state index contributed by atoms with van der Waals surface area (Å²) in [6.07, 6.45) is 1.00. The van der Waals surface area contributed by atoms with Gasteiger partial charge < -0.3 is 10.6 Å². The Kier molecular flexibility index (Phi) is 5.50. The third-order valence-electron chi connectivity index (χ3n) is 2.87. The number of nitrogens with one attached hydrogen (secondary N) is 1. The highest BCUT2D eigenvalue weighted by Gasteiger charge is 2.15. The van der Waals surface area contributed by atoms with Crippen LogP contribution in [0.3, 0.4) is 0 Å². The van der Waals surface area contributed by atoms with Crippen molar-refractivity contribution in [3.05, 3.63) is 29.8 Å². The topological polar surface area (TPSA) is 87.2 Å². The van der Waals surface area contributed by atoms with Crippen LogP contribution in [0.15, 0.2) is 29.2 Å². The van der Waals surface area contributed by atoms with E-state index in [-0.39, 0.29) is 16.5 Å². The molecule has 0 fully saturated rings. The predicted octanol–water partition coefficient (Wildman–Crippen LogP) is 1.09. The molecule has 0 spiro atoms. The molecule has 0 atom stereocenters. The second-order valence-corrected chi connectivity index (χ2v) is 6.67. The molecule has 0 radical (unpaired) electrons. The first-order chi connectivity index (χ1) is 8.86. The van der Waals surface area contributed by atoms with Crippen LogP contribution in [0.4, 0.5) is 0 Å². The van der Waals surface area contributed by atoms with E-state index in [0.29, 0.717) is 12.1 Å². The van der Waals surface area contributed by atoms with Crippen LogP contribution < -0.4 is 5.73 Å². The van der Waals surface area contributed by atoms with Gasteiger partial charge in [0, 0.05) is 12.1 Å². The zero-order valence-electron chi connectivity index (χ0n) is 11.4. The molecule has 0 aliphatic rings. The Bertz CT molecular complexity index is 523. The summed E-state index contributed by atoms with van der Waals surface area (Å²) in [5, 5.41) is 7.27. The molecule has 6 heteroatoms. The third-order valence-corrected chi connectivity index (χ3v) is 4.58. The fourth-order valence-corrected chi connectivity index (χ4v) is 3.07. The summed E-state index contributed by atoms with van der Waals surface area (Å²) in [7, 11) is -1.35. The maximum atomic E-state index is 12.1. The Hall–Kier alpha value is -1.40. The summed E-state index contributed by atoms with van der Waals surface area (Å²) in [6.45, 7) is 3.47. The second kappa shape index (κ2) is 6.68. The fourth-order valence-electron chi connectivity index (χ4n) is 1.73. The summed E-state index contributed by atoms with van der Waals surface area (Å²) < 4.78 is 24.2. The van der Waals surface area contributed by atoms with Gasteiger partial charge in [-0.1, -0.05) is 19.1 Å². The number of hydrogen-bond acceptors (Lipinski definition) is 4. The molecule has 0 heterocycles. The second-order valence-electron chi connectivity index (χ2n) is 4.56. The standard InChI is InChI=1S/C13H21N3O2S/c1-3-8-16(2)9-10-19(17,18)12-6-4-11(5-7-12)13(14)15/h4-7H,3,8-10H2,1-2H3,(H3,14,15). The minimum absolute atomic E-state index is 0.0633. The molecule has 0 unspecified atom stereocenters. The van der Waals surface area contributed by atoms with Crippen LogP contribution in [0.25, 0.3) is 0 Å². The Labute approximate surface area is 114 Å². The maximum Gasteiger partial charge on any atom is 0.179 e. The number of benzene rings is 1. The molecule has 0 amide bonds. The summed E-state index contributed by atoms with van der Waals surface area (Å²) in [4.78, 5) is 2.28. The van der Waals surface area contributed by atoms with Crippen LogP contribution >= 0.6 is 0 Å². The van der Waals surface area contributed by atoms with Crippen molar-refractivity contribution in [3.8, 4) is 0 Å². The number of nitrogen functional groups attached to an aromatic ring is 1. The number of hydrogen-bond donors (Lipinski definition) is 2. The van der Waals surface area contributed by atoms with Gasteiger partial charge in [-0.15, -0.1) is 0 Å². The molecule has 19 heavy (non-hydrogen) atoms. The third kappa shape index (κ3) is 4.65. The van der Waals surface area contributed by atoms with Gasteiger partial charge in [-0.25, -0.2) is 8.42 Å². The average molecular weight is 283 g/mol. The first kappa shape index (κ1) is 15.7. The molecule has 0 saturated carbocycles. The first-order valence-electron chi connectivity index (χ1n) is 6.22. The van der Waals surface area contributed by atoms with Crippen LogP contribution in [0.5, 0.6) is 0 Å². The van der Waals surface area contributed by atoms with Crippen molar-refractivity contribution in [1.29, 1.82) is 5.41 Å². The first-order valence-corrected chi connectivity index (χ1v) is 7.88. The van der Waals surface area contributed by atoms with Crippen molar-refractivity contribution in [2.75, 3.05) is 25.9 Å². The van der Waals surface area contributed by atoms with Gasteiger partial charge in [0.15, 0.2) is 9.84 Å². The lowest BCUT2D eigenvalue weighted by molar-refractivity contribution is 0.354. The average Bonchev–Trinajstić information content (AvgIpc) is 2.37. The Morgan fingerprint density at radius 3 is 2.32 bits per heavy atom. The molecule has 1 aromatic carbocycles. The SMILES string of the molecule is CCCN(C)CCS(=O)(=O)c1ccc(C(=N)N)cc1. The molecule has 106 valence electrons. The number of sulfone groups is 1. The van der Waals surface area contributed by atoms with Crippen molar-refractivity contribution >= 4 is 15.7 Å². The van der Waals surface area contributed by atoms with Crippen molar-refractivity contribution in [2.24, 2.45) is 5.73 Å². The van der Waals surface area contributed by atoms with E-state index in [4.69, 9.17) is 11.1 Å². The van der Waals surface area contributed by atoms with Crippen molar-refractivity contribution in [2.45, 2.75) is 18.2 Å². The normalized spacial score (nSPS) is 11.7. The summed E-state index contributed by atoms with van der Waals surface area (Å²) >= 11 is 0. The van der Waals surface area contributed by atoms with E-state index in [0.717, 1.165) is 13.0 Å². The van der Waals surface area contributed by atoms with E-state index in [1.165, 1.54) is 12.1 Å². The Morgan fingerprint density at radius 1 is 1.26 bits per heavy atom. The molecule has 0 aliphatic heterocycles. The summed E-state index contributed by atoms with van der Waals surface area (Å²) in [5.74, 6) is 0.0368. The molecule has 0 bridgehead atoms. The Morgan fingerprint density at radius 2 is 1.84 bits per heavy atom. The molecule has 3 N–H and O–H groups in total. The smallest absolute Gasteiger partial charge is 0.179 e. The zero-order valence-corrected chi connectivity index (χ0v) is 12.2.